The van der Waals surface area contributed by atoms with E-state index in [4.69, 9.17) is 4.74 Å². The summed E-state index contributed by atoms with van der Waals surface area (Å²) in [7, 11) is 3.63. The van der Waals surface area contributed by atoms with E-state index >= 15 is 0 Å². The smallest absolute Gasteiger partial charge is 0.0885 e. The summed E-state index contributed by atoms with van der Waals surface area (Å²) < 4.78 is 5.16. The Hall–Kier alpha value is -1.61. The molecular formula is C14H18N2O. The highest BCUT2D eigenvalue weighted by molar-refractivity contribution is 5.95. The molecule has 0 aliphatic heterocycles. The van der Waals surface area contributed by atoms with Crippen molar-refractivity contribution < 1.29 is 4.74 Å². The molecule has 1 aromatic carbocycles. The maximum Gasteiger partial charge on any atom is 0.0885 e. The predicted octanol–water partition coefficient (Wildman–Crippen LogP) is 3.04. The molecule has 0 atom stereocenters. The summed E-state index contributed by atoms with van der Waals surface area (Å²) in [6.07, 6.45) is 0. The average molecular weight is 230 g/mol. The number of anilines is 1. The molecule has 0 amide bonds. The maximum atomic E-state index is 5.16. The van der Waals surface area contributed by atoms with Gasteiger partial charge in [-0.15, -0.1) is 0 Å². The average Bonchev–Trinajstić information content (AvgIpc) is 2.33. The molecule has 0 saturated heterocycles. The number of aromatic nitrogens is 1. The highest BCUT2D eigenvalue weighted by atomic mass is 16.5. The number of benzene rings is 1. The quantitative estimate of drug-likeness (QED) is 0.880. The molecule has 3 heteroatoms. The lowest BCUT2D eigenvalue weighted by atomic mass is 10.0. The Bertz CT molecular complexity index is 549. The second-order valence-corrected chi connectivity index (χ2v) is 4.27. The van der Waals surface area contributed by atoms with Gasteiger partial charge >= 0.3 is 0 Å². The molecule has 0 bridgehead atoms. The molecule has 0 fully saturated rings. The van der Waals surface area contributed by atoms with Crippen LogP contribution in [0.4, 0.5) is 5.69 Å². The molecule has 3 nitrogen and oxygen atoms in total. The van der Waals surface area contributed by atoms with Crippen molar-refractivity contribution in [3.05, 3.63) is 35.0 Å². The number of methoxy groups -OCH3 is 1. The van der Waals surface area contributed by atoms with Crippen molar-refractivity contribution in [1.82, 2.24) is 4.98 Å². The number of pyridine rings is 1. The van der Waals surface area contributed by atoms with Crippen LogP contribution in [-0.4, -0.2) is 19.1 Å². The van der Waals surface area contributed by atoms with Gasteiger partial charge in [0, 0.05) is 25.2 Å². The van der Waals surface area contributed by atoms with Gasteiger partial charge in [0.15, 0.2) is 0 Å². The first kappa shape index (κ1) is 11.9. The number of rotatable bonds is 3. The third-order valence-electron chi connectivity index (χ3n) is 2.99. The first-order valence-electron chi connectivity index (χ1n) is 5.74. The molecule has 0 unspecified atom stereocenters. The summed E-state index contributed by atoms with van der Waals surface area (Å²) in [5.74, 6) is 0. The zero-order chi connectivity index (χ0) is 12.4. The van der Waals surface area contributed by atoms with Crippen LogP contribution in [0.25, 0.3) is 10.9 Å². The van der Waals surface area contributed by atoms with Crippen molar-refractivity contribution in [3.63, 3.8) is 0 Å². The lowest BCUT2D eigenvalue weighted by Crippen LogP contribution is -2.00. The van der Waals surface area contributed by atoms with E-state index in [2.05, 4.69) is 42.3 Å². The first-order chi connectivity index (χ1) is 8.17. The van der Waals surface area contributed by atoms with Gasteiger partial charge < -0.3 is 10.1 Å². The van der Waals surface area contributed by atoms with Crippen molar-refractivity contribution in [3.8, 4) is 0 Å². The maximum absolute atomic E-state index is 5.16. The molecule has 2 aromatic rings. The van der Waals surface area contributed by atoms with Gasteiger partial charge in [-0.05, 0) is 31.0 Å². The molecule has 1 N–H and O–H groups in total. The Morgan fingerprint density at radius 3 is 2.59 bits per heavy atom. The highest BCUT2D eigenvalue weighted by Crippen LogP contribution is 2.28. The van der Waals surface area contributed by atoms with Crippen LogP contribution in [0.3, 0.4) is 0 Å². The fraction of sp³-hybridized carbons (Fsp3) is 0.357. The lowest BCUT2D eigenvalue weighted by molar-refractivity contribution is 0.182. The van der Waals surface area contributed by atoms with E-state index in [9.17, 15) is 0 Å². The minimum absolute atomic E-state index is 0.540. The third-order valence-corrected chi connectivity index (χ3v) is 2.99. The zero-order valence-electron chi connectivity index (χ0n) is 10.8. The Morgan fingerprint density at radius 2 is 1.94 bits per heavy atom. The second kappa shape index (κ2) is 4.72. The second-order valence-electron chi connectivity index (χ2n) is 4.27. The number of nitrogens with zero attached hydrogens (tertiary/aromatic N) is 1. The van der Waals surface area contributed by atoms with Crippen LogP contribution >= 0.6 is 0 Å². The van der Waals surface area contributed by atoms with E-state index in [1.165, 1.54) is 16.5 Å². The summed E-state index contributed by atoms with van der Waals surface area (Å²) in [5.41, 5.74) is 5.57. The molecule has 1 aromatic heterocycles. The number of hydrogen-bond acceptors (Lipinski definition) is 3. The van der Waals surface area contributed by atoms with Crippen molar-refractivity contribution in [1.29, 1.82) is 0 Å². The molecule has 90 valence electrons. The number of ether oxygens (including phenoxy) is 1. The van der Waals surface area contributed by atoms with Gasteiger partial charge in [0.2, 0.25) is 0 Å². The van der Waals surface area contributed by atoms with E-state index in [0.717, 1.165) is 16.9 Å². The monoisotopic (exact) mass is 230 g/mol. The molecule has 0 saturated carbocycles. The fourth-order valence-electron chi connectivity index (χ4n) is 2.11. The van der Waals surface area contributed by atoms with Crippen LogP contribution in [-0.2, 0) is 11.3 Å². The Labute approximate surface area is 102 Å². The van der Waals surface area contributed by atoms with Gasteiger partial charge in [-0.3, -0.25) is 0 Å². The van der Waals surface area contributed by atoms with Crippen LogP contribution in [0, 0.1) is 13.8 Å². The molecule has 2 rings (SSSR count). The van der Waals surface area contributed by atoms with Gasteiger partial charge in [-0.1, -0.05) is 12.1 Å². The van der Waals surface area contributed by atoms with Crippen LogP contribution in [0.5, 0.6) is 0 Å². The number of aryl methyl sites for hydroxylation is 2. The largest absolute Gasteiger partial charge is 0.388 e. The summed E-state index contributed by atoms with van der Waals surface area (Å²) in [4.78, 5) is 4.67. The minimum Gasteiger partial charge on any atom is -0.388 e. The first-order valence-corrected chi connectivity index (χ1v) is 5.74. The Morgan fingerprint density at radius 1 is 1.24 bits per heavy atom. The lowest BCUT2D eigenvalue weighted by Gasteiger charge is -2.12. The molecule has 0 aliphatic carbocycles. The standard InChI is InChI=1S/C14H18N2O/c1-9-5-6-10(2)14-13(9)12(15-3)7-11(16-14)8-17-4/h5-7H,8H2,1-4H3,(H,15,16). The van der Waals surface area contributed by atoms with Crippen LogP contribution < -0.4 is 5.32 Å². The van der Waals surface area contributed by atoms with Gasteiger partial charge in [0.25, 0.3) is 0 Å². The number of fused-ring (bicyclic) bond motifs is 1. The molecule has 0 aliphatic rings. The van der Waals surface area contributed by atoms with E-state index in [0.29, 0.717) is 6.61 Å². The topological polar surface area (TPSA) is 34.1 Å². The highest BCUT2D eigenvalue weighted by Gasteiger charge is 2.09. The SMILES string of the molecule is CNc1cc(COC)nc2c(C)ccc(C)c12. The van der Waals surface area contributed by atoms with E-state index < -0.39 is 0 Å². The van der Waals surface area contributed by atoms with Crippen LogP contribution in [0.1, 0.15) is 16.8 Å². The van der Waals surface area contributed by atoms with Gasteiger partial charge in [0.05, 0.1) is 17.8 Å². The van der Waals surface area contributed by atoms with E-state index in [-0.39, 0.29) is 0 Å². The summed E-state index contributed by atoms with van der Waals surface area (Å²) in [6, 6.07) is 6.30. The van der Waals surface area contributed by atoms with Crippen LogP contribution in [0.2, 0.25) is 0 Å². The summed E-state index contributed by atoms with van der Waals surface area (Å²) in [6.45, 7) is 4.74. The minimum atomic E-state index is 0.540. The number of nitrogens with one attached hydrogen (secondary N) is 1. The van der Waals surface area contributed by atoms with Crippen molar-refractivity contribution in [2.24, 2.45) is 0 Å². The van der Waals surface area contributed by atoms with Crippen LogP contribution in [0.15, 0.2) is 18.2 Å². The Balaban J connectivity index is 2.77. The predicted molar refractivity (Wildman–Crippen MR) is 71.5 cm³/mol. The summed E-state index contributed by atoms with van der Waals surface area (Å²) >= 11 is 0. The van der Waals surface area contributed by atoms with E-state index in [1.54, 1.807) is 7.11 Å². The normalized spacial score (nSPS) is 10.8. The third kappa shape index (κ3) is 2.11. The molecule has 1 heterocycles. The van der Waals surface area contributed by atoms with Crippen molar-refractivity contribution in [2.75, 3.05) is 19.5 Å². The molecule has 17 heavy (non-hydrogen) atoms. The Kier molecular flexibility index (Phi) is 3.29. The van der Waals surface area contributed by atoms with Gasteiger partial charge in [0.1, 0.15) is 0 Å². The van der Waals surface area contributed by atoms with Gasteiger partial charge in [-0.25, -0.2) is 4.98 Å². The number of hydrogen-bond donors (Lipinski definition) is 1. The summed E-state index contributed by atoms with van der Waals surface area (Å²) in [5, 5.41) is 4.44. The fourth-order valence-corrected chi connectivity index (χ4v) is 2.11. The molecule has 0 radical (unpaired) electrons. The van der Waals surface area contributed by atoms with E-state index in [1.807, 2.05) is 7.05 Å². The van der Waals surface area contributed by atoms with Gasteiger partial charge in [-0.2, -0.15) is 0 Å². The van der Waals surface area contributed by atoms with Crippen molar-refractivity contribution >= 4 is 16.6 Å². The van der Waals surface area contributed by atoms with Crippen molar-refractivity contribution in [2.45, 2.75) is 20.5 Å². The zero-order valence-corrected chi connectivity index (χ0v) is 10.8. The molecular weight excluding hydrogens is 212 g/mol. The molecule has 0 spiro atoms.